The molecule has 1 aliphatic heterocycles. The molecule has 0 amide bonds. The molecule has 0 aliphatic carbocycles. The number of nitrogens with zero attached hydrogens (tertiary/aromatic N) is 2. The van der Waals surface area contributed by atoms with E-state index in [1.165, 1.54) is 4.58 Å². The molecule has 0 radical (unpaired) electrons. The average Bonchev–Trinajstić information content (AvgIpc) is 2.96. The van der Waals surface area contributed by atoms with Gasteiger partial charge >= 0.3 is 12.1 Å². The van der Waals surface area contributed by atoms with Gasteiger partial charge in [-0.3, -0.25) is 0 Å². The first-order valence-electron chi connectivity index (χ1n) is 7.92. The quantitative estimate of drug-likeness (QED) is 0.522. The van der Waals surface area contributed by atoms with Crippen molar-refractivity contribution in [3.63, 3.8) is 0 Å². The molecule has 1 fully saturated rings. The third-order valence-electron chi connectivity index (χ3n) is 3.62. The van der Waals surface area contributed by atoms with Gasteiger partial charge in [0.25, 0.3) is 6.04 Å². The molecule has 1 N–H and O–H groups in total. The van der Waals surface area contributed by atoms with E-state index >= 15 is 0 Å². The van der Waals surface area contributed by atoms with Crippen LogP contribution in [0.25, 0.3) is 0 Å². The summed E-state index contributed by atoms with van der Waals surface area (Å²) in [7, 11) is 0. The molecular formula is C18H23N2O4+. The van der Waals surface area contributed by atoms with Crippen molar-refractivity contribution in [1.29, 1.82) is 5.26 Å². The van der Waals surface area contributed by atoms with E-state index in [0.717, 1.165) is 5.56 Å². The van der Waals surface area contributed by atoms with Crippen LogP contribution in [0.2, 0.25) is 0 Å². The maximum absolute atomic E-state index is 12.4. The molecule has 128 valence electrons. The molecule has 0 unspecified atom stereocenters. The smallest absolute Gasteiger partial charge is 0.456 e. The minimum Gasteiger partial charge on any atom is -0.456 e. The van der Waals surface area contributed by atoms with Gasteiger partial charge in [-0.05, 0) is 26.3 Å². The Balaban J connectivity index is 2.11. The first kappa shape index (κ1) is 17.8. The van der Waals surface area contributed by atoms with Crippen LogP contribution in [0.1, 0.15) is 32.8 Å². The Labute approximate surface area is 141 Å². The molecule has 1 saturated heterocycles. The van der Waals surface area contributed by atoms with Crippen molar-refractivity contribution in [2.75, 3.05) is 6.54 Å². The van der Waals surface area contributed by atoms with Crippen molar-refractivity contribution in [2.24, 2.45) is 5.92 Å². The van der Waals surface area contributed by atoms with Gasteiger partial charge in [0.1, 0.15) is 18.1 Å². The van der Waals surface area contributed by atoms with E-state index in [4.69, 9.17) is 14.7 Å². The maximum atomic E-state index is 12.4. The zero-order valence-electron chi connectivity index (χ0n) is 14.2. The molecule has 24 heavy (non-hydrogen) atoms. The lowest BCUT2D eigenvalue weighted by Gasteiger charge is -2.18. The predicted octanol–water partition coefficient (Wildman–Crippen LogP) is 2.38. The molecule has 0 aromatic heterocycles. The highest BCUT2D eigenvalue weighted by Gasteiger charge is 2.46. The van der Waals surface area contributed by atoms with Gasteiger partial charge in [-0.1, -0.05) is 30.3 Å². The van der Waals surface area contributed by atoms with E-state index in [-0.39, 0.29) is 25.2 Å². The number of carbonyl (C=O) groups is 1. The Kier molecular flexibility index (Phi) is 5.45. The van der Waals surface area contributed by atoms with Crippen LogP contribution in [0.5, 0.6) is 0 Å². The summed E-state index contributed by atoms with van der Waals surface area (Å²) in [5.74, 6) is -0.828. The van der Waals surface area contributed by atoms with Crippen molar-refractivity contribution >= 4 is 12.1 Å². The molecular weight excluding hydrogens is 308 g/mol. The van der Waals surface area contributed by atoms with Crippen molar-refractivity contribution in [1.82, 2.24) is 0 Å². The normalized spacial score (nSPS) is 22.6. The Morgan fingerprint density at radius 2 is 2.04 bits per heavy atom. The van der Waals surface area contributed by atoms with E-state index in [0.29, 0.717) is 6.42 Å². The monoisotopic (exact) mass is 331 g/mol. The fraction of sp³-hybridized carbons (Fsp3) is 0.500. The maximum Gasteiger partial charge on any atom is 0.548 e. The van der Waals surface area contributed by atoms with Gasteiger partial charge in [0.2, 0.25) is 0 Å². The fourth-order valence-corrected chi connectivity index (χ4v) is 2.52. The van der Waals surface area contributed by atoms with Gasteiger partial charge in [0.15, 0.2) is 6.54 Å². The summed E-state index contributed by atoms with van der Waals surface area (Å²) in [6, 6.07) is 10.8. The van der Waals surface area contributed by atoms with Crippen LogP contribution in [0.3, 0.4) is 0 Å². The third kappa shape index (κ3) is 4.72. The molecule has 2 atom stereocenters. The number of hydrogen-bond acceptors (Lipinski definition) is 4. The summed E-state index contributed by atoms with van der Waals surface area (Å²) >= 11 is 0. The predicted molar refractivity (Wildman–Crippen MR) is 87.3 cm³/mol. The van der Waals surface area contributed by atoms with E-state index in [1.807, 2.05) is 30.3 Å². The summed E-state index contributed by atoms with van der Waals surface area (Å²) in [6.07, 6.45) is -0.0382. The van der Waals surface area contributed by atoms with Crippen LogP contribution in [0, 0.1) is 17.2 Å². The van der Waals surface area contributed by atoms with Crippen molar-refractivity contribution < 1.29 is 24.0 Å². The lowest BCUT2D eigenvalue weighted by atomic mass is 10.1. The van der Waals surface area contributed by atoms with E-state index < -0.39 is 17.6 Å². The largest absolute Gasteiger partial charge is 0.548 e. The second-order valence-corrected chi connectivity index (χ2v) is 6.82. The molecule has 2 rings (SSSR count). The Morgan fingerprint density at radius 3 is 2.62 bits per heavy atom. The molecule has 6 heteroatoms. The van der Waals surface area contributed by atoms with Crippen LogP contribution in [-0.2, 0) is 20.9 Å². The molecule has 0 spiro atoms. The molecule has 0 saturated carbocycles. The van der Waals surface area contributed by atoms with Gasteiger partial charge in [-0.2, -0.15) is 5.26 Å². The van der Waals surface area contributed by atoms with Gasteiger partial charge in [-0.15, -0.1) is 4.58 Å². The Hall–Kier alpha value is -2.55. The number of ether oxygens (including phenoxy) is 2. The zero-order valence-corrected chi connectivity index (χ0v) is 14.2. The molecule has 1 heterocycles. The molecule has 1 aromatic carbocycles. The third-order valence-corrected chi connectivity index (χ3v) is 3.62. The number of carbonyl (C=O) groups excluding carboxylic acids is 1. The minimum atomic E-state index is -0.722. The lowest BCUT2D eigenvalue weighted by Crippen LogP contribution is -2.38. The summed E-state index contributed by atoms with van der Waals surface area (Å²) in [5.41, 5.74) is 0.277. The molecule has 1 aromatic rings. The van der Waals surface area contributed by atoms with Crippen LogP contribution in [-0.4, -0.2) is 39.9 Å². The van der Waals surface area contributed by atoms with E-state index in [1.54, 1.807) is 20.8 Å². The highest BCUT2D eigenvalue weighted by atomic mass is 16.6. The van der Waals surface area contributed by atoms with Crippen molar-refractivity contribution in [2.45, 2.75) is 45.4 Å². The number of rotatable bonds is 3. The highest BCUT2D eigenvalue weighted by Crippen LogP contribution is 2.22. The number of aliphatic hydroxyl groups is 1. The highest BCUT2D eigenvalue weighted by molar-refractivity contribution is 5.76. The second-order valence-electron chi connectivity index (χ2n) is 6.82. The zero-order chi connectivity index (χ0) is 17.7. The Bertz CT molecular complexity index is 656. The number of aliphatic hydroxyl groups excluding tert-OH is 1. The number of hydrogen-bond donors (Lipinski definition) is 1. The van der Waals surface area contributed by atoms with Gasteiger partial charge in [0.05, 0.1) is 6.07 Å². The standard InChI is InChI=1S/C18H22N2O4/c1-18(2,3)24-17(22)20-11-14(10-19)9-15(20)16(21)23-12-13-7-5-4-6-8-13/h4-8,14-15H,9,11-12H2,1-3H3/p+1/t14-,15-/m0/s1. The van der Waals surface area contributed by atoms with Crippen LogP contribution < -0.4 is 0 Å². The molecule has 0 bridgehead atoms. The molecule has 1 aliphatic rings. The first-order chi connectivity index (χ1) is 11.3. The minimum absolute atomic E-state index is 0.155. The van der Waals surface area contributed by atoms with Crippen molar-refractivity contribution in [3.05, 3.63) is 35.9 Å². The summed E-state index contributed by atoms with van der Waals surface area (Å²) in [4.78, 5) is 12.4. The van der Waals surface area contributed by atoms with Crippen molar-refractivity contribution in [3.8, 4) is 6.07 Å². The summed E-state index contributed by atoms with van der Waals surface area (Å²) in [6.45, 7) is 5.78. The average molecular weight is 331 g/mol. The first-order valence-corrected chi connectivity index (χ1v) is 7.92. The SMILES string of the molecule is CC(C)(C)OC(O)=[N+]1C[C@H](C#N)C[C@H]1C(=O)OCc1ccccc1. The van der Waals surface area contributed by atoms with Gasteiger partial charge in [-0.25, -0.2) is 4.79 Å². The summed E-state index contributed by atoms with van der Waals surface area (Å²) < 4.78 is 12.2. The van der Waals surface area contributed by atoms with E-state index in [2.05, 4.69) is 6.07 Å². The van der Waals surface area contributed by atoms with Crippen LogP contribution in [0.15, 0.2) is 30.3 Å². The second kappa shape index (κ2) is 7.35. The summed E-state index contributed by atoms with van der Waals surface area (Å²) in [5, 5.41) is 19.4. The number of nitriles is 1. The van der Waals surface area contributed by atoms with Gasteiger partial charge in [0, 0.05) is 6.42 Å². The van der Waals surface area contributed by atoms with Crippen LogP contribution in [0.4, 0.5) is 0 Å². The number of esters is 1. The van der Waals surface area contributed by atoms with Crippen LogP contribution >= 0.6 is 0 Å². The van der Waals surface area contributed by atoms with E-state index in [9.17, 15) is 9.90 Å². The fourth-order valence-electron chi connectivity index (χ4n) is 2.52. The molecule has 6 nitrogen and oxygen atoms in total. The number of benzene rings is 1. The van der Waals surface area contributed by atoms with Gasteiger partial charge < -0.3 is 14.6 Å². The lowest BCUT2D eigenvalue weighted by molar-refractivity contribution is -0.553. The Morgan fingerprint density at radius 1 is 1.38 bits per heavy atom. The topological polar surface area (TPSA) is 82.6 Å².